The lowest BCUT2D eigenvalue weighted by molar-refractivity contribution is -0.123. The summed E-state index contributed by atoms with van der Waals surface area (Å²) in [7, 11) is 1.52. The lowest BCUT2D eigenvalue weighted by Crippen LogP contribution is -2.27. The number of imide groups is 1. The summed E-state index contributed by atoms with van der Waals surface area (Å²) in [4.78, 5) is 26.2. The van der Waals surface area contributed by atoms with Gasteiger partial charge >= 0.3 is 0 Å². The Morgan fingerprint density at radius 3 is 2.60 bits per heavy atom. The second-order valence-corrected chi connectivity index (χ2v) is 7.23. The summed E-state index contributed by atoms with van der Waals surface area (Å²) in [5, 5.41) is 9.61. The molecule has 0 aliphatic carbocycles. The molecule has 25 heavy (non-hydrogen) atoms. The largest absolute Gasteiger partial charge is 0.507 e. The van der Waals surface area contributed by atoms with E-state index in [4.69, 9.17) is 4.74 Å². The lowest BCUT2D eigenvalue weighted by atomic mass is 10.1. The molecule has 3 rings (SSSR count). The van der Waals surface area contributed by atoms with E-state index < -0.39 is 0 Å². The Kier molecular flexibility index (Phi) is 5.15. The number of phenols is 1. The van der Waals surface area contributed by atoms with Crippen molar-refractivity contribution in [1.29, 1.82) is 0 Å². The fraction of sp³-hybridized carbons (Fsp3) is 0.111. The molecule has 0 unspecified atom stereocenters. The Labute approximate surface area is 157 Å². The first kappa shape index (κ1) is 17.6. The lowest BCUT2D eigenvalue weighted by Gasteiger charge is -2.12. The number of rotatable bonds is 4. The molecule has 0 atom stereocenters. The van der Waals surface area contributed by atoms with Crippen molar-refractivity contribution in [3.05, 3.63) is 63.0 Å². The highest BCUT2D eigenvalue weighted by Crippen LogP contribution is 2.35. The summed E-state index contributed by atoms with van der Waals surface area (Å²) in [6.45, 7) is 0.208. The molecule has 5 nitrogen and oxygen atoms in total. The summed E-state index contributed by atoms with van der Waals surface area (Å²) in [5.74, 6) is 0.193. The average molecular weight is 420 g/mol. The van der Waals surface area contributed by atoms with Crippen LogP contribution in [0.25, 0.3) is 6.08 Å². The SMILES string of the molecule is COc1ccc(O)c(/C=C2\SC(=O)N(Cc3ccc(Br)cc3)C2=O)c1. The maximum atomic E-state index is 12.6. The molecule has 1 aliphatic heterocycles. The Bertz CT molecular complexity index is 864. The number of aromatic hydroxyl groups is 1. The second kappa shape index (κ2) is 7.33. The van der Waals surface area contributed by atoms with Gasteiger partial charge in [-0.3, -0.25) is 14.5 Å². The van der Waals surface area contributed by atoms with E-state index in [0.29, 0.717) is 11.3 Å². The number of phenolic OH excluding ortho intramolecular Hbond substituents is 1. The molecule has 1 fully saturated rings. The van der Waals surface area contributed by atoms with E-state index in [1.54, 1.807) is 12.1 Å². The van der Waals surface area contributed by atoms with Crippen molar-refractivity contribution in [2.45, 2.75) is 6.54 Å². The van der Waals surface area contributed by atoms with Gasteiger partial charge in [-0.2, -0.15) is 0 Å². The molecular weight excluding hydrogens is 406 g/mol. The molecule has 7 heteroatoms. The zero-order valence-corrected chi connectivity index (χ0v) is 15.6. The molecule has 2 aromatic rings. The molecule has 1 aliphatic rings. The van der Waals surface area contributed by atoms with E-state index in [1.807, 2.05) is 24.3 Å². The van der Waals surface area contributed by atoms with Gasteiger partial charge in [-0.05, 0) is 53.7 Å². The quantitative estimate of drug-likeness (QED) is 0.743. The molecule has 0 saturated carbocycles. The standard InChI is InChI=1S/C18H14BrNO4S/c1-24-14-6-7-15(21)12(8-14)9-16-17(22)20(18(23)25-16)10-11-2-4-13(19)5-3-11/h2-9,21H,10H2,1H3/b16-9-. The molecule has 1 N–H and O–H groups in total. The third-order valence-electron chi connectivity index (χ3n) is 3.65. The van der Waals surface area contributed by atoms with Crippen LogP contribution in [0.15, 0.2) is 51.8 Å². The van der Waals surface area contributed by atoms with Gasteiger partial charge < -0.3 is 9.84 Å². The van der Waals surface area contributed by atoms with Gasteiger partial charge in [0.1, 0.15) is 11.5 Å². The summed E-state index contributed by atoms with van der Waals surface area (Å²) < 4.78 is 6.05. The van der Waals surface area contributed by atoms with E-state index in [2.05, 4.69) is 15.9 Å². The highest BCUT2D eigenvalue weighted by Gasteiger charge is 2.35. The van der Waals surface area contributed by atoms with Crippen LogP contribution >= 0.6 is 27.7 Å². The van der Waals surface area contributed by atoms with Crippen LogP contribution in [-0.2, 0) is 11.3 Å². The third kappa shape index (κ3) is 3.88. The monoisotopic (exact) mass is 419 g/mol. The van der Waals surface area contributed by atoms with Gasteiger partial charge in [-0.15, -0.1) is 0 Å². The van der Waals surface area contributed by atoms with Gasteiger partial charge in [0.2, 0.25) is 0 Å². The van der Waals surface area contributed by atoms with Crippen molar-refractivity contribution in [1.82, 2.24) is 4.90 Å². The number of thioether (sulfide) groups is 1. The highest BCUT2D eigenvalue weighted by atomic mass is 79.9. The van der Waals surface area contributed by atoms with Crippen LogP contribution in [0.4, 0.5) is 4.79 Å². The van der Waals surface area contributed by atoms with Crippen molar-refractivity contribution < 1.29 is 19.4 Å². The van der Waals surface area contributed by atoms with Crippen molar-refractivity contribution in [2.24, 2.45) is 0 Å². The smallest absolute Gasteiger partial charge is 0.293 e. The van der Waals surface area contributed by atoms with Gasteiger partial charge in [0.15, 0.2) is 0 Å². The Morgan fingerprint density at radius 1 is 1.20 bits per heavy atom. The van der Waals surface area contributed by atoms with Crippen LogP contribution in [0.2, 0.25) is 0 Å². The van der Waals surface area contributed by atoms with Gasteiger partial charge in [-0.25, -0.2) is 0 Å². The molecule has 1 heterocycles. The maximum Gasteiger partial charge on any atom is 0.293 e. The summed E-state index contributed by atoms with van der Waals surface area (Å²) in [5.41, 5.74) is 1.28. The summed E-state index contributed by atoms with van der Waals surface area (Å²) in [6.07, 6.45) is 1.50. The van der Waals surface area contributed by atoms with E-state index in [1.165, 1.54) is 24.2 Å². The number of benzene rings is 2. The third-order valence-corrected chi connectivity index (χ3v) is 5.08. The topological polar surface area (TPSA) is 66.8 Å². The fourth-order valence-electron chi connectivity index (χ4n) is 2.33. The maximum absolute atomic E-state index is 12.6. The van der Waals surface area contributed by atoms with Gasteiger partial charge in [0.05, 0.1) is 18.6 Å². The molecule has 2 amide bonds. The van der Waals surface area contributed by atoms with Gasteiger partial charge in [0, 0.05) is 10.0 Å². The van der Waals surface area contributed by atoms with Crippen molar-refractivity contribution in [3.8, 4) is 11.5 Å². The molecule has 0 bridgehead atoms. The van der Waals surface area contributed by atoms with Crippen LogP contribution in [0.3, 0.4) is 0 Å². The predicted molar refractivity (Wildman–Crippen MR) is 100 cm³/mol. The number of methoxy groups -OCH3 is 1. The second-order valence-electron chi connectivity index (χ2n) is 5.32. The molecule has 0 spiro atoms. The zero-order chi connectivity index (χ0) is 18.0. The van der Waals surface area contributed by atoms with E-state index in [0.717, 1.165) is 21.8 Å². The Hall–Kier alpha value is -2.25. The van der Waals surface area contributed by atoms with Crippen LogP contribution in [-0.4, -0.2) is 28.3 Å². The Morgan fingerprint density at radius 2 is 1.92 bits per heavy atom. The van der Waals surface area contributed by atoms with Gasteiger partial charge in [-0.1, -0.05) is 28.1 Å². The van der Waals surface area contributed by atoms with E-state index >= 15 is 0 Å². The number of hydrogen-bond donors (Lipinski definition) is 1. The molecular formula is C18H14BrNO4S. The van der Waals surface area contributed by atoms with Gasteiger partial charge in [0.25, 0.3) is 11.1 Å². The minimum atomic E-state index is -0.375. The van der Waals surface area contributed by atoms with Crippen molar-refractivity contribution in [2.75, 3.05) is 7.11 Å². The number of amides is 2. The van der Waals surface area contributed by atoms with Crippen LogP contribution in [0, 0.1) is 0 Å². The number of carbonyl (C=O) groups excluding carboxylic acids is 2. The first-order valence-corrected chi connectivity index (χ1v) is 8.95. The van der Waals surface area contributed by atoms with Crippen molar-refractivity contribution in [3.63, 3.8) is 0 Å². The number of halogens is 1. The number of carbonyl (C=O) groups is 2. The van der Waals surface area contributed by atoms with E-state index in [-0.39, 0.29) is 28.3 Å². The van der Waals surface area contributed by atoms with Crippen LogP contribution < -0.4 is 4.74 Å². The number of ether oxygens (including phenoxy) is 1. The number of nitrogens with zero attached hydrogens (tertiary/aromatic N) is 1. The summed E-state index contributed by atoms with van der Waals surface area (Å²) >= 11 is 4.21. The zero-order valence-electron chi connectivity index (χ0n) is 13.2. The average Bonchev–Trinajstić information content (AvgIpc) is 2.86. The van der Waals surface area contributed by atoms with E-state index in [9.17, 15) is 14.7 Å². The van der Waals surface area contributed by atoms with Crippen molar-refractivity contribution >= 4 is 44.9 Å². The molecule has 2 aromatic carbocycles. The fourth-order valence-corrected chi connectivity index (χ4v) is 3.42. The van der Waals surface area contributed by atoms with Crippen LogP contribution in [0.5, 0.6) is 11.5 Å². The van der Waals surface area contributed by atoms with Crippen LogP contribution in [0.1, 0.15) is 11.1 Å². The highest BCUT2D eigenvalue weighted by molar-refractivity contribution is 9.10. The first-order chi connectivity index (χ1) is 12.0. The molecule has 0 radical (unpaired) electrons. The normalized spacial score (nSPS) is 15.9. The number of hydrogen-bond acceptors (Lipinski definition) is 5. The minimum Gasteiger partial charge on any atom is -0.507 e. The summed E-state index contributed by atoms with van der Waals surface area (Å²) in [6, 6.07) is 12.1. The molecule has 128 valence electrons. The first-order valence-electron chi connectivity index (χ1n) is 7.35. The Balaban J connectivity index is 1.84. The molecule has 1 saturated heterocycles. The minimum absolute atomic E-state index is 0.0144. The predicted octanol–water partition coefficient (Wildman–Crippen LogP) is 4.40. The molecule has 0 aromatic heterocycles.